The smallest absolute Gasteiger partial charge is 0.0237 e. The maximum atomic E-state index is 5.10. The maximum absolute atomic E-state index is 5.10. The van der Waals surface area contributed by atoms with E-state index in [-0.39, 0.29) is 0 Å². The van der Waals surface area contributed by atoms with Crippen molar-refractivity contribution in [1.29, 1.82) is 0 Å². The number of hydrazine groups is 1. The summed E-state index contributed by atoms with van der Waals surface area (Å²) in [6, 6.07) is 0. The third-order valence-electron chi connectivity index (χ3n) is 0.453. The average Bonchev–Trinajstić information content (AvgIpc) is 1.35. The maximum Gasteiger partial charge on any atom is 0.0237 e. The monoisotopic (exact) mass is 106 g/mol. The Morgan fingerprint density at radius 2 is 2.33 bits per heavy atom. The molecule has 0 saturated heterocycles. The fourth-order valence-corrected chi connectivity index (χ4v) is 0.429. The van der Waals surface area contributed by atoms with Gasteiger partial charge in [-0.1, -0.05) is 19.7 Å². The van der Waals surface area contributed by atoms with Crippen LogP contribution in [0.3, 0.4) is 0 Å². The van der Waals surface area contributed by atoms with Gasteiger partial charge < -0.3 is 0 Å². The first-order valence-corrected chi connectivity index (χ1v) is 2.38. The van der Waals surface area contributed by atoms with Crippen LogP contribution in [0.15, 0.2) is 0 Å². The zero-order chi connectivity index (χ0) is 4.99. The topological polar surface area (TPSA) is 29.3 Å². The molecular weight excluding hydrogens is 96.1 g/mol. The van der Waals surface area contributed by atoms with Gasteiger partial charge in [-0.15, -0.1) is 0 Å². The number of nitrogens with two attached hydrogens (primary N) is 1. The predicted octanol–water partition coefficient (Wildman–Crippen LogP) is 0.417. The lowest BCUT2D eigenvalue weighted by atomic mass is 10.5. The largest absolute Gasteiger partial charge is 0.259 e. The molecule has 0 aliphatic heterocycles. The lowest BCUT2D eigenvalue weighted by molar-refractivity contribution is 0.501. The predicted molar refractivity (Wildman–Crippen MR) is 30.2 cm³/mol. The Kier molecular flexibility index (Phi) is 3.62. The molecule has 0 heterocycles. The molecule has 0 saturated carbocycles. The van der Waals surface area contributed by atoms with Gasteiger partial charge in [-0.05, 0) is 6.42 Å². The second-order valence-corrected chi connectivity index (χ2v) is 1.68. The number of thiol groups is 1. The van der Waals surface area contributed by atoms with E-state index in [0.717, 1.165) is 13.0 Å². The Bertz CT molecular complexity index is 30.0. The SMILES string of the molecule is CCCN(N)S. The number of rotatable bonds is 2. The summed E-state index contributed by atoms with van der Waals surface area (Å²) in [4.78, 5) is 0. The second kappa shape index (κ2) is 3.46. The molecule has 0 fully saturated rings. The molecular formula is C3H10N2S. The lowest BCUT2D eigenvalue weighted by Crippen LogP contribution is -2.20. The molecule has 0 atom stereocenters. The van der Waals surface area contributed by atoms with Crippen molar-refractivity contribution in [2.75, 3.05) is 6.54 Å². The van der Waals surface area contributed by atoms with Gasteiger partial charge in [0.15, 0.2) is 0 Å². The van der Waals surface area contributed by atoms with Gasteiger partial charge in [0.2, 0.25) is 0 Å². The zero-order valence-electron chi connectivity index (χ0n) is 3.89. The molecule has 0 unspecified atom stereocenters. The first-order valence-electron chi connectivity index (χ1n) is 1.98. The van der Waals surface area contributed by atoms with E-state index in [1.54, 1.807) is 0 Å². The Balaban J connectivity index is 2.63. The molecule has 0 spiro atoms. The molecule has 0 amide bonds. The van der Waals surface area contributed by atoms with Crippen LogP contribution in [0.25, 0.3) is 0 Å². The van der Waals surface area contributed by atoms with Gasteiger partial charge >= 0.3 is 0 Å². The Morgan fingerprint density at radius 3 is 2.33 bits per heavy atom. The van der Waals surface area contributed by atoms with Crippen LogP contribution in [0, 0.1) is 0 Å². The van der Waals surface area contributed by atoms with Crippen molar-refractivity contribution in [2.24, 2.45) is 5.84 Å². The van der Waals surface area contributed by atoms with Gasteiger partial charge in [-0.25, -0.2) is 0 Å². The Morgan fingerprint density at radius 1 is 1.83 bits per heavy atom. The van der Waals surface area contributed by atoms with Gasteiger partial charge in [-0.2, -0.15) is 4.41 Å². The molecule has 0 aliphatic rings. The van der Waals surface area contributed by atoms with Crippen molar-refractivity contribution in [3.8, 4) is 0 Å². The third-order valence-corrected chi connectivity index (χ3v) is 0.653. The highest BCUT2D eigenvalue weighted by Crippen LogP contribution is 1.82. The van der Waals surface area contributed by atoms with Crippen molar-refractivity contribution in [3.05, 3.63) is 0 Å². The molecule has 2 nitrogen and oxygen atoms in total. The standard InChI is InChI=1S/C3H10N2S/c1-2-3-5(4)6/h6H,2-4H2,1H3. The highest BCUT2D eigenvalue weighted by molar-refractivity contribution is 7.77. The molecule has 0 aromatic carbocycles. The van der Waals surface area contributed by atoms with E-state index in [1.807, 2.05) is 0 Å². The Hall–Kier alpha value is 0.270. The van der Waals surface area contributed by atoms with E-state index in [9.17, 15) is 0 Å². The van der Waals surface area contributed by atoms with Crippen LogP contribution < -0.4 is 5.84 Å². The van der Waals surface area contributed by atoms with Crippen molar-refractivity contribution in [2.45, 2.75) is 13.3 Å². The molecule has 6 heavy (non-hydrogen) atoms. The van der Waals surface area contributed by atoms with E-state index in [0.29, 0.717) is 0 Å². The number of nitrogens with zero attached hydrogens (tertiary/aromatic N) is 1. The number of hydrogen-bond acceptors (Lipinski definition) is 3. The van der Waals surface area contributed by atoms with Crippen molar-refractivity contribution in [1.82, 2.24) is 4.41 Å². The van der Waals surface area contributed by atoms with Crippen LogP contribution >= 0.6 is 12.8 Å². The van der Waals surface area contributed by atoms with Crippen molar-refractivity contribution >= 4 is 12.8 Å². The molecule has 2 N–H and O–H groups in total. The fraction of sp³-hybridized carbons (Fsp3) is 1.00. The molecule has 0 aromatic rings. The van der Waals surface area contributed by atoms with E-state index in [2.05, 4.69) is 19.7 Å². The lowest BCUT2D eigenvalue weighted by Gasteiger charge is -2.02. The Labute approximate surface area is 43.8 Å². The van der Waals surface area contributed by atoms with E-state index >= 15 is 0 Å². The number of hydrogen-bond donors (Lipinski definition) is 2. The van der Waals surface area contributed by atoms with Gasteiger partial charge in [-0.3, -0.25) is 5.84 Å². The van der Waals surface area contributed by atoms with E-state index in [4.69, 9.17) is 5.84 Å². The van der Waals surface area contributed by atoms with Crippen molar-refractivity contribution < 1.29 is 0 Å². The highest BCUT2D eigenvalue weighted by atomic mass is 32.1. The summed E-state index contributed by atoms with van der Waals surface area (Å²) in [5.41, 5.74) is 0. The summed E-state index contributed by atoms with van der Waals surface area (Å²) < 4.78 is 1.38. The minimum absolute atomic E-state index is 0.850. The molecule has 3 heteroatoms. The molecule has 0 bridgehead atoms. The quantitative estimate of drug-likeness (QED) is 0.303. The molecule has 0 radical (unpaired) electrons. The van der Waals surface area contributed by atoms with Gasteiger partial charge in [0.1, 0.15) is 0 Å². The molecule has 0 rings (SSSR count). The van der Waals surface area contributed by atoms with Crippen LogP contribution in [-0.2, 0) is 0 Å². The van der Waals surface area contributed by atoms with Crippen molar-refractivity contribution in [3.63, 3.8) is 0 Å². The highest BCUT2D eigenvalue weighted by Gasteiger charge is 1.81. The summed E-state index contributed by atoms with van der Waals surface area (Å²) in [5, 5.41) is 0. The summed E-state index contributed by atoms with van der Waals surface area (Å²) in [6.45, 7) is 2.90. The first kappa shape index (κ1) is 6.27. The van der Waals surface area contributed by atoms with Crippen LogP contribution in [0.2, 0.25) is 0 Å². The molecule has 0 aromatic heterocycles. The van der Waals surface area contributed by atoms with Gasteiger partial charge in [0.05, 0.1) is 0 Å². The van der Waals surface area contributed by atoms with Crippen LogP contribution in [0.4, 0.5) is 0 Å². The summed E-state index contributed by atoms with van der Waals surface area (Å²) >= 11 is 3.79. The third kappa shape index (κ3) is 4.27. The first-order chi connectivity index (χ1) is 2.77. The summed E-state index contributed by atoms with van der Waals surface area (Å²) in [7, 11) is 0. The fourth-order valence-electron chi connectivity index (χ4n) is 0.229. The summed E-state index contributed by atoms with van der Waals surface area (Å²) in [5.74, 6) is 5.10. The summed E-state index contributed by atoms with van der Waals surface area (Å²) in [6.07, 6.45) is 1.06. The second-order valence-electron chi connectivity index (χ2n) is 1.16. The minimum atomic E-state index is 0.850. The van der Waals surface area contributed by atoms with Gasteiger partial charge in [0.25, 0.3) is 0 Å². The minimum Gasteiger partial charge on any atom is -0.259 e. The van der Waals surface area contributed by atoms with Gasteiger partial charge in [0, 0.05) is 6.54 Å². The molecule has 0 aliphatic carbocycles. The van der Waals surface area contributed by atoms with Crippen LogP contribution in [0.5, 0.6) is 0 Å². The van der Waals surface area contributed by atoms with Crippen LogP contribution in [-0.4, -0.2) is 11.0 Å². The molecule has 38 valence electrons. The average molecular weight is 106 g/mol. The zero-order valence-corrected chi connectivity index (χ0v) is 4.78. The van der Waals surface area contributed by atoms with Crippen LogP contribution in [0.1, 0.15) is 13.3 Å². The van der Waals surface area contributed by atoms with E-state index in [1.165, 1.54) is 4.41 Å². The van der Waals surface area contributed by atoms with E-state index < -0.39 is 0 Å². The normalized spacial score (nSPS) is 10.0.